The van der Waals surface area contributed by atoms with E-state index >= 15 is 0 Å². The van der Waals surface area contributed by atoms with Crippen molar-refractivity contribution in [2.45, 2.75) is 32.2 Å². The number of hydrogen-bond acceptors (Lipinski definition) is 5. The van der Waals surface area contributed by atoms with Gasteiger partial charge in [0.1, 0.15) is 0 Å². The molecule has 8 nitrogen and oxygen atoms in total. The maximum absolute atomic E-state index is 12.5. The van der Waals surface area contributed by atoms with Crippen LogP contribution in [0.3, 0.4) is 0 Å². The zero-order chi connectivity index (χ0) is 15.0. The lowest BCUT2D eigenvalue weighted by atomic mass is 10.1. The maximum Gasteiger partial charge on any atom is 0.305 e. The fourth-order valence-electron chi connectivity index (χ4n) is 2.64. The van der Waals surface area contributed by atoms with Gasteiger partial charge in [-0.15, -0.1) is 5.10 Å². The Morgan fingerprint density at radius 3 is 3.00 bits per heavy atom. The Hall–Kier alpha value is -2.51. The average Bonchev–Trinajstić information content (AvgIpc) is 3.04. The highest BCUT2D eigenvalue weighted by Crippen LogP contribution is 2.21. The predicted octanol–water partition coefficient (Wildman–Crippen LogP) is 0.512. The normalized spacial score (nSPS) is 18.3. The van der Waals surface area contributed by atoms with Crippen molar-refractivity contribution in [1.82, 2.24) is 24.5 Å². The van der Waals surface area contributed by atoms with Gasteiger partial charge in [0.25, 0.3) is 11.7 Å². The first-order chi connectivity index (χ1) is 10.1. The summed E-state index contributed by atoms with van der Waals surface area (Å²) in [6.45, 7) is 2.39. The van der Waals surface area contributed by atoms with Gasteiger partial charge in [-0.05, 0) is 25.8 Å². The molecule has 1 saturated heterocycles. The molecule has 0 saturated carbocycles. The minimum Gasteiger partial charge on any atom is -0.481 e. The SMILES string of the molecule is Cc1ccnc2nc(C(=O)N3CCCC3CC(=O)O)nn12. The van der Waals surface area contributed by atoms with Gasteiger partial charge in [0.15, 0.2) is 0 Å². The van der Waals surface area contributed by atoms with Gasteiger partial charge in [-0.1, -0.05) is 0 Å². The third-order valence-corrected chi connectivity index (χ3v) is 3.67. The molecule has 1 aliphatic heterocycles. The molecule has 1 fully saturated rings. The fourth-order valence-corrected chi connectivity index (χ4v) is 2.64. The van der Waals surface area contributed by atoms with E-state index in [0.717, 1.165) is 12.1 Å². The van der Waals surface area contributed by atoms with Crippen LogP contribution in [-0.2, 0) is 4.79 Å². The molecule has 0 spiro atoms. The Morgan fingerprint density at radius 1 is 1.48 bits per heavy atom. The van der Waals surface area contributed by atoms with Gasteiger partial charge in [0, 0.05) is 24.5 Å². The van der Waals surface area contributed by atoms with Gasteiger partial charge < -0.3 is 10.0 Å². The second-order valence-electron chi connectivity index (χ2n) is 5.13. The molecule has 3 rings (SSSR count). The van der Waals surface area contributed by atoms with Gasteiger partial charge in [0.05, 0.1) is 6.42 Å². The van der Waals surface area contributed by atoms with Gasteiger partial charge >= 0.3 is 5.97 Å². The Balaban J connectivity index is 1.89. The van der Waals surface area contributed by atoms with E-state index in [0.29, 0.717) is 18.7 Å². The Labute approximate surface area is 120 Å². The monoisotopic (exact) mass is 289 g/mol. The van der Waals surface area contributed by atoms with Crippen LogP contribution in [0.25, 0.3) is 5.78 Å². The molecule has 1 aliphatic rings. The fraction of sp³-hybridized carbons (Fsp3) is 0.462. The highest BCUT2D eigenvalue weighted by atomic mass is 16.4. The summed E-state index contributed by atoms with van der Waals surface area (Å²) in [5.41, 5.74) is 0.829. The Morgan fingerprint density at radius 2 is 2.29 bits per heavy atom. The molecule has 0 radical (unpaired) electrons. The number of nitrogens with zero attached hydrogens (tertiary/aromatic N) is 5. The van der Waals surface area contributed by atoms with Crippen LogP contribution in [0, 0.1) is 6.92 Å². The van der Waals surface area contributed by atoms with Crippen LogP contribution >= 0.6 is 0 Å². The van der Waals surface area contributed by atoms with Gasteiger partial charge in [-0.3, -0.25) is 9.59 Å². The minimum absolute atomic E-state index is 0.0452. The summed E-state index contributed by atoms with van der Waals surface area (Å²) in [5, 5.41) is 13.1. The third-order valence-electron chi connectivity index (χ3n) is 3.67. The molecule has 1 atom stereocenters. The van der Waals surface area contributed by atoms with Gasteiger partial charge in [0.2, 0.25) is 5.82 Å². The third kappa shape index (κ3) is 2.44. The van der Waals surface area contributed by atoms with Crippen LogP contribution in [0.4, 0.5) is 0 Å². The van der Waals surface area contributed by atoms with Crippen molar-refractivity contribution in [2.75, 3.05) is 6.54 Å². The maximum atomic E-state index is 12.5. The Bertz CT molecular complexity index is 711. The Kier molecular flexibility index (Phi) is 3.28. The lowest BCUT2D eigenvalue weighted by Crippen LogP contribution is -2.37. The first-order valence-electron chi connectivity index (χ1n) is 6.77. The van der Waals surface area contributed by atoms with E-state index in [2.05, 4.69) is 15.1 Å². The topological polar surface area (TPSA) is 101 Å². The first kappa shape index (κ1) is 13.5. The van der Waals surface area contributed by atoms with Crippen LogP contribution in [0.2, 0.25) is 0 Å². The van der Waals surface area contributed by atoms with E-state index in [-0.39, 0.29) is 24.2 Å². The van der Waals surface area contributed by atoms with E-state index in [1.165, 1.54) is 4.52 Å². The number of aryl methyl sites for hydroxylation is 1. The summed E-state index contributed by atoms with van der Waals surface area (Å²) in [7, 11) is 0. The van der Waals surface area contributed by atoms with Gasteiger partial charge in [-0.25, -0.2) is 9.50 Å². The number of aromatic nitrogens is 4. The van der Waals surface area contributed by atoms with Crippen LogP contribution in [0.1, 0.15) is 35.6 Å². The molecule has 1 N–H and O–H groups in total. The zero-order valence-electron chi connectivity index (χ0n) is 11.6. The van der Waals surface area contributed by atoms with Crippen molar-refractivity contribution in [1.29, 1.82) is 0 Å². The molecule has 0 aromatic carbocycles. The molecule has 21 heavy (non-hydrogen) atoms. The molecular formula is C13H15N5O3. The van der Waals surface area contributed by atoms with E-state index in [1.807, 2.05) is 6.92 Å². The summed E-state index contributed by atoms with van der Waals surface area (Å²) in [6, 6.07) is 1.50. The number of rotatable bonds is 3. The quantitative estimate of drug-likeness (QED) is 0.883. The highest BCUT2D eigenvalue weighted by molar-refractivity contribution is 5.91. The summed E-state index contributed by atoms with van der Waals surface area (Å²) in [5.74, 6) is -0.801. The minimum atomic E-state index is -0.903. The van der Waals surface area contributed by atoms with Crippen molar-refractivity contribution in [3.05, 3.63) is 23.8 Å². The first-order valence-corrected chi connectivity index (χ1v) is 6.77. The standard InChI is InChI=1S/C13H15N5O3/c1-8-4-5-14-13-15-11(16-18(8)13)12(21)17-6-2-3-9(17)7-10(19)20/h4-5,9H,2-3,6-7H2,1H3,(H,19,20). The summed E-state index contributed by atoms with van der Waals surface area (Å²) in [4.78, 5) is 33.1. The molecule has 3 heterocycles. The average molecular weight is 289 g/mol. The molecule has 2 aromatic rings. The molecule has 8 heteroatoms. The van der Waals surface area contributed by atoms with Crippen LogP contribution in [-0.4, -0.2) is 54.1 Å². The summed E-state index contributed by atoms with van der Waals surface area (Å²) in [6.07, 6.45) is 3.06. The number of carboxylic acid groups (broad SMARTS) is 1. The van der Waals surface area contributed by atoms with Crippen molar-refractivity contribution in [3.63, 3.8) is 0 Å². The summed E-state index contributed by atoms with van der Waals surface area (Å²) >= 11 is 0. The van der Waals surface area contributed by atoms with Crippen LogP contribution in [0.5, 0.6) is 0 Å². The van der Waals surface area contributed by atoms with Crippen molar-refractivity contribution in [2.24, 2.45) is 0 Å². The predicted molar refractivity (Wildman–Crippen MR) is 71.8 cm³/mol. The van der Waals surface area contributed by atoms with E-state index in [4.69, 9.17) is 5.11 Å². The van der Waals surface area contributed by atoms with Crippen molar-refractivity contribution < 1.29 is 14.7 Å². The largest absolute Gasteiger partial charge is 0.481 e. The molecule has 1 amide bonds. The summed E-state index contributed by atoms with van der Waals surface area (Å²) < 4.78 is 1.51. The van der Waals surface area contributed by atoms with Crippen molar-refractivity contribution in [3.8, 4) is 0 Å². The lowest BCUT2D eigenvalue weighted by Gasteiger charge is -2.21. The number of amides is 1. The lowest BCUT2D eigenvalue weighted by molar-refractivity contribution is -0.137. The molecular weight excluding hydrogens is 274 g/mol. The number of carbonyl (C=O) groups excluding carboxylic acids is 1. The number of aliphatic carboxylic acids is 1. The van der Waals surface area contributed by atoms with E-state index in [1.54, 1.807) is 17.2 Å². The number of hydrogen-bond donors (Lipinski definition) is 1. The molecule has 2 aromatic heterocycles. The number of carboxylic acids is 1. The molecule has 0 bridgehead atoms. The number of fused-ring (bicyclic) bond motifs is 1. The highest BCUT2D eigenvalue weighted by Gasteiger charge is 2.33. The molecule has 1 unspecified atom stereocenters. The van der Waals surface area contributed by atoms with Crippen molar-refractivity contribution >= 4 is 17.7 Å². The smallest absolute Gasteiger partial charge is 0.305 e. The molecule has 0 aliphatic carbocycles. The van der Waals surface area contributed by atoms with E-state index < -0.39 is 5.97 Å². The van der Waals surface area contributed by atoms with Crippen LogP contribution in [0.15, 0.2) is 12.3 Å². The van der Waals surface area contributed by atoms with E-state index in [9.17, 15) is 9.59 Å². The second-order valence-corrected chi connectivity index (χ2v) is 5.13. The van der Waals surface area contributed by atoms with Crippen LogP contribution < -0.4 is 0 Å². The zero-order valence-corrected chi connectivity index (χ0v) is 11.6. The molecule has 110 valence electrons. The number of likely N-dealkylation sites (tertiary alicyclic amines) is 1. The van der Waals surface area contributed by atoms with Gasteiger partial charge in [-0.2, -0.15) is 4.98 Å². The second kappa shape index (κ2) is 5.12. The number of carbonyl (C=O) groups is 2.